The van der Waals surface area contributed by atoms with Crippen molar-refractivity contribution in [2.24, 2.45) is 0 Å². The van der Waals surface area contributed by atoms with Crippen LogP contribution in [-0.4, -0.2) is 43.3 Å². The second-order valence-electron chi connectivity index (χ2n) is 2.99. The van der Waals surface area contributed by atoms with Crippen molar-refractivity contribution < 1.29 is 13.9 Å². The Balaban J connectivity index is 2.53. The molecule has 74 valence electrons. The van der Waals surface area contributed by atoms with Crippen molar-refractivity contribution in [3.8, 4) is 0 Å². The predicted octanol–water partition coefficient (Wildman–Crippen LogP) is 0.759. The summed E-state index contributed by atoms with van der Waals surface area (Å²) in [5.74, 6) is -0.149. The molecular formula is C9H14FNO2. The molecule has 3 nitrogen and oxygen atoms in total. The Morgan fingerprint density at radius 3 is 3.15 bits per heavy atom. The molecule has 0 spiro atoms. The number of hydrogen-bond acceptors (Lipinski definition) is 2. The van der Waals surface area contributed by atoms with Crippen LogP contribution in [0.5, 0.6) is 0 Å². The van der Waals surface area contributed by atoms with Crippen LogP contribution in [0.4, 0.5) is 4.39 Å². The Morgan fingerprint density at radius 2 is 2.54 bits per heavy atom. The number of nitrogens with zero attached hydrogens (tertiary/aromatic N) is 1. The highest BCUT2D eigenvalue weighted by Gasteiger charge is 2.20. The molecule has 1 heterocycles. The quantitative estimate of drug-likeness (QED) is 0.597. The number of rotatable bonds is 2. The van der Waals surface area contributed by atoms with Crippen LogP contribution in [0.2, 0.25) is 0 Å². The molecule has 0 aromatic rings. The maximum Gasteiger partial charge on any atom is 0.246 e. The van der Waals surface area contributed by atoms with Gasteiger partial charge in [0.05, 0.1) is 0 Å². The first kappa shape index (κ1) is 10.2. The number of hydrogen-bond donors (Lipinski definition) is 0. The molecule has 0 N–H and O–H groups in total. The number of carbonyl (C=O) groups excluding carboxylic acids is 1. The zero-order chi connectivity index (χ0) is 9.68. The van der Waals surface area contributed by atoms with E-state index in [9.17, 15) is 9.18 Å². The van der Waals surface area contributed by atoms with Gasteiger partial charge < -0.3 is 9.64 Å². The molecule has 1 unspecified atom stereocenters. The minimum Gasteiger partial charge on any atom is -0.374 e. The van der Waals surface area contributed by atoms with E-state index in [1.54, 1.807) is 4.90 Å². The third-order valence-electron chi connectivity index (χ3n) is 2.01. The first-order chi connectivity index (χ1) is 6.27. The molecule has 1 fully saturated rings. The lowest BCUT2D eigenvalue weighted by Gasteiger charge is -2.20. The molecule has 1 aliphatic rings. The fourth-order valence-electron chi connectivity index (χ4n) is 1.32. The predicted molar refractivity (Wildman–Crippen MR) is 47.1 cm³/mol. The van der Waals surface area contributed by atoms with Gasteiger partial charge in [0.2, 0.25) is 5.91 Å². The van der Waals surface area contributed by atoms with E-state index in [1.165, 1.54) is 6.08 Å². The largest absolute Gasteiger partial charge is 0.374 e. The SMILES string of the molecule is C=CC(=O)N1CCCOC(CF)C1. The van der Waals surface area contributed by atoms with Gasteiger partial charge >= 0.3 is 0 Å². The van der Waals surface area contributed by atoms with Crippen molar-refractivity contribution in [3.63, 3.8) is 0 Å². The molecular weight excluding hydrogens is 173 g/mol. The molecule has 0 saturated carbocycles. The van der Waals surface area contributed by atoms with Crippen LogP contribution in [0.3, 0.4) is 0 Å². The van der Waals surface area contributed by atoms with Crippen molar-refractivity contribution in [1.29, 1.82) is 0 Å². The maximum atomic E-state index is 12.3. The first-order valence-electron chi connectivity index (χ1n) is 4.37. The average Bonchev–Trinajstić information content (AvgIpc) is 2.41. The number of halogens is 1. The average molecular weight is 187 g/mol. The molecule has 4 heteroatoms. The number of alkyl halides is 1. The summed E-state index contributed by atoms with van der Waals surface area (Å²) in [6.07, 6.45) is 1.54. The molecule has 1 aliphatic heterocycles. The van der Waals surface area contributed by atoms with Gasteiger partial charge in [-0.2, -0.15) is 0 Å². The van der Waals surface area contributed by atoms with Gasteiger partial charge in [-0.25, -0.2) is 4.39 Å². The van der Waals surface area contributed by atoms with Gasteiger partial charge in [0.1, 0.15) is 12.8 Å². The molecule has 0 bridgehead atoms. The maximum absolute atomic E-state index is 12.3. The van der Waals surface area contributed by atoms with E-state index in [2.05, 4.69) is 6.58 Å². The Labute approximate surface area is 77.2 Å². The van der Waals surface area contributed by atoms with Gasteiger partial charge in [0, 0.05) is 19.7 Å². The van der Waals surface area contributed by atoms with E-state index in [0.29, 0.717) is 19.7 Å². The number of carbonyl (C=O) groups is 1. The molecule has 0 aromatic carbocycles. The summed E-state index contributed by atoms with van der Waals surface area (Å²) in [6.45, 7) is 4.34. The molecule has 13 heavy (non-hydrogen) atoms. The fourth-order valence-corrected chi connectivity index (χ4v) is 1.32. The Bertz CT molecular complexity index is 196. The van der Waals surface area contributed by atoms with Crippen LogP contribution >= 0.6 is 0 Å². The monoisotopic (exact) mass is 187 g/mol. The van der Waals surface area contributed by atoms with E-state index in [0.717, 1.165) is 6.42 Å². The van der Waals surface area contributed by atoms with Crippen LogP contribution in [0, 0.1) is 0 Å². The van der Waals surface area contributed by atoms with Crippen LogP contribution in [0.1, 0.15) is 6.42 Å². The lowest BCUT2D eigenvalue weighted by atomic mass is 10.3. The summed E-state index contributed by atoms with van der Waals surface area (Å²) in [4.78, 5) is 12.8. The van der Waals surface area contributed by atoms with Crippen LogP contribution < -0.4 is 0 Å². The summed E-state index contributed by atoms with van der Waals surface area (Å²) < 4.78 is 17.5. The molecule has 1 amide bonds. The molecule has 0 radical (unpaired) electrons. The molecule has 0 aromatic heterocycles. The van der Waals surface area contributed by atoms with Gasteiger partial charge in [-0.1, -0.05) is 6.58 Å². The number of ether oxygens (including phenoxy) is 1. The zero-order valence-electron chi connectivity index (χ0n) is 7.54. The van der Waals surface area contributed by atoms with Gasteiger partial charge in [-0.3, -0.25) is 4.79 Å². The topological polar surface area (TPSA) is 29.5 Å². The summed E-state index contributed by atoms with van der Waals surface area (Å²) in [5.41, 5.74) is 0. The minimum absolute atomic E-state index is 0.149. The Morgan fingerprint density at radius 1 is 1.77 bits per heavy atom. The van der Waals surface area contributed by atoms with E-state index >= 15 is 0 Å². The molecule has 1 rings (SSSR count). The second-order valence-corrected chi connectivity index (χ2v) is 2.99. The van der Waals surface area contributed by atoms with E-state index in [-0.39, 0.29) is 5.91 Å². The van der Waals surface area contributed by atoms with Crippen molar-refractivity contribution in [2.45, 2.75) is 12.5 Å². The highest BCUT2D eigenvalue weighted by atomic mass is 19.1. The highest BCUT2D eigenvalue weighted by Crippen LogP contribution is 2.06. The van der Waals surface area contributed by atoms with Crippen molar-refractivity contribution in [2.75, 3.05) is 26.4 Å². The van der Waals surface area contributed by atoms with Gasteiger partial charge in [0.25, 0.3) is 0 Å². The van der Waals surface area contributed by atoms with Crippen molar-refractivity contribution in [1.82, 2.24) is 4.90 Å². The third kappa shape index (κ3) is 2.81. The smallest absolute Gasteiger partial charge is 0.246 e. The van der Waals surface area contributed by atoms with E-state index < -0.39 is 12.8 Å². The highest BCUT2D eigenvalue weighted by molar-refractivity contribution is 5.87. The lowest BCUT2D eigenvalue weighted by molar-refractivity contribution is -0.126. The summed E-state index contributed by atoms with van der Waals surface area (Å²) in [7, 11) is 0. The molecule has 1 saturated heterocycles. The third-order valence-corrected chi connectivity index (χ3v) is 2.01. The Hall–Kier alpha value is -0.900. The Kier molecular flexibility index (Phi) is 3.89. The first-order valence-corrected chi connectivity index (χ1v) is 4.37. The summed E-state index contributed by atoms with van der Waals surface area (Å²) in [5, 5.41) is 0. The second kappa shape index (κ2) is 4.97. The zero-order valence-corrected chi connectivity index (χ0v) is 7.54. The van der Waals surface area contributed by atoms with Crippen molar-refractivity contribution >= 4 is 5.91 Å². The fraction of sp³-hybridized carbons (Fsp3) is 0.667. The van der Waals surface area contributed by atoms with Gasteiger partial charge in [-0.05, 0) is 12.5 Å². The molecule has 1 atom stereocenters. The van der Waals surface area contributed by atoms with Crippen LogP contribution in [0.15, 0.2) is 12.7 Å². The summed E-state index contributed by atoms with van der Waals surface area (Å²) in [6, 6.07) is 0. The minimum atomic E-state index is -0.541. The van der Waals surface area contributed by atoms with Crippen molar-refractivity contribution in [3.05, 3.63) is 12.7 Å². The van der Waals surface area contributed by atoms with Gasteiger partial charge in [-0.15, -0.1) is 0 Å². The lowest BCUT2D eigenvalue weighted by Crippen LogP contribution is -2.36. The summed E-state index contributed by atoms with van der Waals surface area (Å²) >= 11 is 0. The molecule has 0 aliphatic carbocycles. The van der Waals surface area contributed by atoms with E-state index in [1.807, 2.05) is 0 Å². The standard InChI is InChI=1S/C9H14FNO2/c1-2-9(12)11-4-3-5-13-8(6-10)7-11/h2,8H,1,3-7H2. The normalized spacial score (nSPS) is 23.8. The van der Waals surface area contributed by atoms with Gasteiger partial charge in [0.15, 0.2) is 0 Å². The van der Waals surface area contributed by atoms with Crippen LogP contribution in [-0.2, 0) is 9.53 Å². The number of amides is 1. The van der Waals surface area contributed by atoms with Crippen LogP contribution in [0.25, 0.3) is 0 Å². The van der Waals surface area contributed by atoms with E-state index in [4.69, 9.17) is 4.74 Å².